The summed E-state index contributed by atoms with van der Waals surface area (Å²) < 4.78 is 5.61. The zero-order chi connectivity index (χ0) is 13.7. The van der Waals surface area contributed by atoms with E-state index in [0.29, 0.717) is 12.4 Å². The molecule has 0 unspecified atom stereocenters. The molecule has 0 aliphatic carbocycles. The second-order valence-electron chi connectivity index (χ2n) is 4.25. The lowest BCUT2D eigenvalue weighted by Crippen LogP contribution is -2.13. The fourth-order valence-electron chi connectivity index (χ4n) is 1.76. The van der Waals surface area contributed by atoms with Crippen LogP contribution in [0.15, 0.2) is 48.5 Å². The number of rotatable bonds is 5. The number of amides is 1. The van der Waals surface area contributed by atoms with Gasteiger partial charge in [-0.25, -0.2) is 0 Å². The molecule has 0 fully saturated rings. The quantitative estimate of drug-likeness (QED) is 0.860. The topological polar surface area (TPSA) is 72.6 Å². The molecule has 0 aromatic heterocycles. The SMILES string of the molecule is NC(=O)Cc1cccc(OCc2cccc(O)c2)c1. The van der Waals surface area contributed by atoms with Crippen LogP contribution in [0.1, 0.15) is 11.1 Å². The van der Waals surface area contributed by atoms with Crippen LogP contribution in [-0.4, -0.2) is 11.0 Å². The lowest BCUT2D eigenvalue weighted by molar-refractivity contribution is -0.117. The van der Waals surface area contributed by atoms with Gasteiger partial charge in [0, 0.05) is 0 Å². The summed E-state index contributed by atoms with van der Waals surface area (Å²) in [5, 5.41) is 9.35. The highest BCUT2D eigenvalue weighted by molar-refractivity contribution is 5.76. The number of phenolic OH excluding ortho intramolecular Hbond substituents is 1. The van der Waals surface area contributed by atoms with Crippen LogP contribution < -0.4 is 10.5 Å². The van der Waals surface area contributed by atoms with E-state index in [9.17, 15) is 9.90 Å². The van der Waals surface area contributed by atoms with E-state index in [1.165, 1.54) is 0 Å². The molecule has 4 nitrogen and oxygen atoms in total. The summed E-state index contributed by atoms with van der Waals surface area (Å²) in [4.78, 5) is 10.9. The lowest BCUT2D eigenvalue weighted by atomic mass is 10.1. The number of primary amides is 1. The number of carbonyl (C=O) groups is 1. The fraction of sp³-hybridized carbons (Fsp3) is 0.133. The number of phenols is 1. The molecule has 0 bridgehead atoms. The monoisotopic (exact) mass is 257 g/mol. The molecule has 1 amide bonds. The van der Waals surface area contributed by atoms with Crippen LogP contribution in [-0.2, 0) is 17.8 Å². The van der Waals surface area contributed by atoms with Gasteiger partial charge in [0.15, 0.2) is 0 Å². The summed E-state index contributed by atoms with van der Waals surface area (Å²) in [5.41, 5.74) is 6.84. The van der Waals surface area contributed by atoms with E-state index in [4.69, 9.17) is 10.5 Å². The molecule has 2 aromatic carbocycles. The first-order valence-corrected chi connectivity index (χ1v) is 5.91. The molecule has 0 radical (unpaired) electrons. The Morgan fingerprint density at radius 3 is 2.58 bits per heavy atom. The Kier molecular flexibility index (Phi) is 4.03. The number of nitrogens with two attached hydrogens (primary N) is 1. The largest absolute Gasteiger partial charge is 0.508 e. The van der Waals surface area contributed by atoms with Crippen LogP contribution >= 0.6 is 0 Å². The van der Waals surface area contributed by atoms with Gasteiger partial charge in [0.05, 0.1) is 6.42 Å². The minimum Gasteiger partial charge on any atom is -0.508 e. The van der Waals surface area contributed by atoms with E-state index in [1.807, 2.05) is 24.3 Å². The normalized spacial score (nSPS) is 10.1. The fourth-order valence-corrected chi connectivity index (χ4v) is 1.76. The maximum Gasteiger partial charge on any atom is 0.221 e. The minimum absolute atomic E-state index is 0.198. The Morgan fingerprint density at radius 2 is 1.84 bits per heavy atom. The molecule has 0 aliphatic heterocycles. The van der Waals surface area contributed by atoms with Crippen molar-refractivity contribution < 1.29 is 14.6 Å². The molecule has 19 heavy (non-hydrogen) atoms. The van der Waals surface area contributed by atoms with E-state index >= 15 is 0 Å². The van der Waals surface area contributed by atoms with Crippen LogP contribution in [0.4, 0.5) is 0 Å². The molecule has 98 valence electrons. The highest BCUT2D eigenvalue weighted by Gasteiger charge is 2.01. The molecule has 0 saturated carbocycles. The van der Waals surface area contributed by atoms with E-state index in [-0.39, 0.29) is 18.1 Å². The van der Waals surface area contributed by atoms with Crippen LogP contribution in [0, 0.1) is 0 Å². The Hall–Kier alpha value is -2.49. The van der Waals surface area contributed by atoms with Crippen molar-refractivity contribution in [2.75, 3.05) is 0 Å². The van der Waals surface area contributed by atoms with Crippen molar-refractivity contribution in [3.63, 3.8) is 0 Å². The van der Waals surface area contributed by atoms with Gasteiger partial charge in [0.1, 0.15) is 18.1 Å². The highest BCUT2D eigenvalue weighted by Crippen LogP contribution is 2.17. The predicted octanol–water partition coefficient (Wildman–Crippen LogP) is 2.00. The van der Waals surface area contributed by atoms with Gasteiger partial charge in [0.25, 0.3) is 0 Å². The van der Waals surface area contributed by atoms with Crippen molar-refractivity contribution in [2.24, 2.45) is 5.73 Å². The van der Waals surface area contributed by atoms with Crippen molar-refractivity contribution in [1.29, 1.82) is 0 Å². The van der Waals surface area contributed by atoms with Gasteiger partial charge in [-0.15, -0.1) is 0 Å². The standard InChI is InChI=1S/C15H15NO3/c16-15(18)9-11-3-2-6-14(8-11)19-10-12-4-1-5-13(17)7-12/h1-8,17H,9-10H2,(H2,16,18). The van der Waals surface area contributed by atoms with Gasteiger partial charge in [0.2, 0.25) is 5.91 Å². The number of hydrogen-bond acceptors (Lipinski definition) is 3. The van der Waals surface area contributed by atoms with Crippen LogP contribution in [0.25, 0.3) is 0 Å². The average Bonchev–Trinajstić information content (AvgIpc) is 2.36. The third-order valence-electron chi connectivity index (χ3n) is 2.59. The first-order valence-electron chi connectivity index (χ1n) is 5.91. The van der Waals surface area contributed by atoms with E-state index in [0.717, 1.165) is 11.1 Å². The van der Waals surface area contributed by atoms with Gasteiger partial charge in [-0.1, -0.05) is 24.3 Å². The molecule has 0 aliphatic rings. The molecule has 0 atom stereocenters. The molecular formula is C15H15NO3. The molecule has 2 rings (SSSR count). The molecule has 0 spiro atoms. The maximum absolute atomic E-state index is 10.9. The van der Waals surface area contributed by atoms with E-state index < -0.39 is 0 Å². The number of hydrogen-bond donors (Lipinski definition) is 2. The van der Waals surface area contributed by atoms with Crippen LogP contribution in [0.5, 0.6) is 11.5 Å². The Labute approximate surface area is 111 Å². The van der Waals surface area contributed by atoms with E-state index in [1.54, 1.807) is 24.3 Å². The maximum atomic E-state index is 10.9. The zero-order valence-electron chi connectivity index (χ0n) is 10.4. The lowest BCUT2D eigenvalue weighted by Gasteiger charge is -2.08. The van der Waals surface area contributed by atoms with Crippen molar-refractivity contribution >= 4 is 5.91 Å². The van der Waals surface area contributed by atoms with Gasteiger partial charge < -0.3 is 15.6 Å². The molecule has 0 heterocycles. The first-order chi connectivity index (χ1) is 9.13. The zero-order valence-corrected chi connectivity index (χ0v) is 10.4. The van der Waals surface area contributed by atoms with Gasteiger partial charge in [-0.3, -0.25) is 4.79 Å². The third kappa shape index (κ3) is 4.03. The second-order valence-corrected chi connectivity index (χ2v) is 4.25. The molecule has 2 aromatic rings. The third-order valence-corrected chi connectivity index (χ3v) is 2.59. The smallest absolute Gasteiger partial charge is 0.221 e. The number of carbonyl (C=O) groups excluding carboxylic acids is 1. The molecule has 0 saturated heterocycles. The highest BCUT2D eigenvalue weighted by atomic mass is 16.5. The van der Waals surface area contributed by atoms with Crippen molar-refractivity contribution in [2.45, 2.75) is 13.0 Å². The van der Waals surface area contributed by atoms with Crippen molar-refractivity contribution in [1.82, 2.24) is 0 Å². The Morgan fingerprint density at radius 1 is 1.11 bits per heavy atom. The Bertz CT molecular complexity index is 581. The summed E-state index contributed by atoms with van der Waals surface area (Å²) >= 11 is 0. The average molecular weight is 257 g/mol. The van der Waals surface area contributed by atoms with Gasteiger partial charge in [-0.2, -0.15) is 0 Å². The van der Waals surface area contributed by atoms with Crippen molar-refractivity contribution in [3.05, 3.63) is 59.7 Å². The summed E-state index contributed by atoms with van der Waals surface area (Å²) in [6, 6.07) is 14.1. The minimum atomic E-state index is -0.370. The van der Waals surface area contributed by atoms with E-state index in [2.05, 4.69) is 0 Å². The summed E-state index contributed by atoms with van der Waals surface area (Å²) in [5.74, 6) is 0.510. The summed E-state index contributed by atoms with van der Waals surface area (Å²) in [6.45, 7) is 0.356. The van der Waals surface area contributed by atoms with Gasteiger partial charge >= 0.3 is 0 Å². The first kappa shape index (κ1) is 13.0. The number of aromatic hydroxyl groups is 1. The molecule has 4 heteroatoms. The number of benzene rings is 2. The Balaban J connectivity index is 2.01. The van der Waals surface area contributed by atoms with Crippen LogP contribution in [0.2, 0.25) is 0 Å². The van der Waals surface area contributed by atoms with Crippen molar-refractivity contribution in [3.8, 4) is 11.5 Å². The summed E-state index contributed by atoms with van der Waals surface area (Å²) in [7, 11) is 0. The van der Waals surface area contributed by atoms with Gasteiger partial charge in [-0.05, 0) is 35.4 Å². The molecular weight excluding hydrogens is 242 g/mol. The number of ether oxygens (including phenoxy) is 1. The van der Waals surface area contributed by atoms with Crippen LogP contribution in [0.3, 0.4) is 0 Å². The summed E-state index contributed by atoms with van der Waals surface area (Å²) in [6.07, 6.45) is 0.198. The predicted molar refractivity (Wildman–Crippen MR) is 71.8 cm³/mol. The molecule has 3 N–H and O–H groups in total. The second kappa shape index (κ2) is 5.91.